The molecule has 6 heteroatoms. The maximum atomic E-state index is 12.1. The van der Waals surface area contributed by atoms with Crippen LogP contribution in [0.3, 0.4) is 0 Å². The summed E-state index contributed by atoms with van der Waals surface area (Å²) in [7, 11) is 0. The molecule has 0 bridgehead atoms. The minimum Gasteiger partial charge on any atom is -0.406 e. The van der Waals surface area contributed by atoms with E-state index in [1.807, 2.05) is 48.5 Å². The summed E-state index contributed by atoms with van der Waals surface area (Å²) in [5.74, 6) is -0.227. The maximum absolute atomic E-state index is 12.1. The van der Waals surface area contributed by atoms with Crippen LogP contribution in [0.5, 0.6) is 5.75 Å². The molecule has 0 aliphatic rings. The van der Waals surface area contributed by atoms with Crippen molar-refractivity contribution in [2.24, 2.45) is 0 Å². The lowest BCUT2D eigenvalue weighted by atomic mass is 10.1. The normalized spacial score (nSPS) is 9.77. The molecule has 2 aromatic heterocycles. The summed E-state index contributed by atoms with van der Waals surface area (Å²) < 4.78 is 40.2. The fraction of sp³-hybridized carbons (Fsp3) is 0.360. The van der Waals surface area contributed by atoms with Gasteiger partial charge in [-0.3, -0.25) is 9.97 Å². The monoisotopic (exact) mass is 434 g/mol. The molecule has 0 spiro atoms. The van der Waals surface area contributed by atoms with E-state index in [1.54, 1.807) is 24.4 Å². The van der Waals surface area contributed by atoms with Gasteiger partial charge in [-0.15, -0.1) is 13.2 Å². The Morgan fingerprint density at radius 3 is 1.74 bits per heavy atom. The average Bonchev–Trinajstić information content (AvgIpc) is 2.69. The highest BCUT2D eigenvalue weighted by atomic mass is 19.4. The Kier molecular flexibility index (Phi) is 12.9. The van der Waals surface area contributed by atoms with E-state index in [0.717, 1.165) is 22.6 Å². The molecule has 0 atom stereocenters. The van der Waals surface area contributed by atoms with E-state index in [9.17, 15) is 13.2 Å². The van der Waals surface area contributed by atoms with Crippen molar-refractivity contribution in [2.75, 3.05) is 0 Å². The minimum atomic E-state index is -4.67. The van der Waals surface area contributed by atoms with E-state index in [4.69, 9.17) is 0 Å². The standard InChI is InChI=1S/C13H10F3NO.C8H11N.2C2H6/c1-9-7-11(5-6-17-9)10-3-2-4-12(8-10)18-13(14,15)16;1-6-4-7(2)9-8(3)5-6;2*1-2/h2-8H,1H3;4-5H,1-3H3;2*1-2H3. The number of ether oxygens (including phenoxy) is 1. The number of benzene rings is 1. The number of hydrogen-bond acceptors (Lipinski definition) is 3. The predicted octanol–water partition coefficient (Wildman–Crippen LogP) is 8.01. The zero-order valence-corrected chi connectivity index (χ0v) is 19.6. The van der Waals surface area contributed by atoms with Gasteiger partial charge in [-0.1, -0.05) is 39.8 Å². The summed E-state index contributed by atoms with van der Waals surface area (Å²) in [6, 6.07) is 13.5. The van der Waals surface area contributed by atoms with Crippen LogP contribution < -0.4 is 4.74 Å². The Hall–Kier alpha value is -2.89. The SMILES string of the molecule is CC.CC.Cc1cc(-c2cccc(OC(F)(F)F)c2)ccn1.Cc1cc(C)nc(C)c1. The number of rotatable bonds is 2. The van der Waals surface area contributed by atoms with E-state index < -0.39 is 6.36 Å². The zero-order valence-electron chi connectivity index (χ0n) is 19.6. The molecule has 0 unspecified atom stereocenters. The molecule has 0 fully saturated rings. The fourth-order valence-electron chi connectivity index (χ4n) is 2.64. The number of nitrogens with zero attached hydrogens (tertiary/aromatic N) is 2. The maximum Gasteiger partial charge on any atom is 0.573 e. The van der Waals surface area contributed by atoms with Gasteiger partial charge in [0.25, 0.3) is 0 Å². The summed E-state index contributed by atoms with van der Waals surface area (Å²) in [5.41, 5.74) is 5.76. The van der Waals surface area contributed by atoms with Gasteiger partial charge in [0, 0.05) is 23.3 Å². The molecule has 0 radical (unpaired) electrons. The lowest BCUT2D eigenvalue weighted by Crippen LogP contribution is -2.17. The molecule has 0 saturated heterocycles. The topological polar surface area (TPSA) is 35.0 Å². The largest absolute Gasteiger partial charge is 0.573 e. The van der Waals surface area contributed by atoms with Crippen molar-refractivity contribution in [1.82, 2.24) is 9.97 Å². The number of aromatic nitrogens is 2. The molecule has 170 valence electrons. The number of aryl methyl sites for hydroxylation is 4. The minimum absolute atomic E-state index is 0.227. The van der Waals surface area contributed by atoms with Gasteiger partial charge in [-0.25, -0.2) is 0 Å². The lowest BCUT2D eigenvalue weighted by molar-refractivity contribution is -0.274. The molecule has 1 aromatic carbocycles. The second kappa shape index (κ2) is 14.2. The fourth-order valence-corrected chi connectivity index (χ4v) is 2.64. The number of alkyl halides is 3. The Morgan fingerprint density at radius 2 is 1.26 bits per heavy atom. The summed E-state index contributed by atoms with van der Waals surface area (Å²) in [4.78, 5) is 8.27. The van der Waals surface area contributed by atoms with Gasteiger partial charge in [0.15, 0.2) is 0 Å². The average molecular weight is 435 g/mol. The van der Waals surface area contributed by atoms with Gasteiger partial charge in [0.2, 0.25) is 0 Å². The van der Waals surface area contributed by atoms with Crippen LogP contribution in [0.15, 0.2) is 54.7 Å². The zero-order chi connectivity index (χ0) is 24.0. The van der Waals surface area contributed by atoms with Crippen LogP contribution in [-0.2, 0) is 0 Å². The second-order valence-corrected chi connectivity index (χ2v) is 6.19. The molecular formula is C25H33F3N2O. The second-order valence-electron chi connectivity index (χ2n) is 6.19. The van der Waals surface area contributed by atoms with Crippen molar-refractivity contribution < 1.29 is 17.9 Å². The van der Waals surface area contributed by atoms with Gasteiger partial charge in [0.05, 0.1) is 0 Å². The van der Waals surface area contributed by atoms with Gasteiger partial charge in [-0.05, 0) is 80.8 Å². The Balaban J connectivity index is 0.000000582. The summed E-state index contributed by atoms with van der Waals surface area (Å²) in [5, 5.41) is 0. The quantitative estimate of drug-likeness (QED) is 0.410. The third-order valence-corrected chi connectivity index (χ3v) is 3.52. The predicted molar refractivity (Wildman–Crippen MR) is 122 cm³/mol. The number of pyridine rings is 2. The van der Waals surface area contributed by atoms with E-state index in [2.05, 4.69) is 33.8 Å². The molecule has 0 saturated carbocycles. The molecule has 3 aromatic rings. The lowest BCUT2D eigenvalue weighted by Gasteiger charge is -2.10. The summed E-state index contributed by atoms with van der Waals surface area (Å²) >= 11 is 0. The van der Waals surface area contributed by atoms with E-state index >= 15 is 0 Å². The van der Waals surface area contributed by atoms with Crippen molar-refractivity contribution in [1.29, 1.82) is 0 Å². The van der Waals surface area contributed by atoms with Gasteiger partial charge in [0.1, 0.15) is 5.75 Å². The third-order valence-electron chi connectivity index (χ3n) is 3.52. The van der Waals surface area contributed by atoms with Gasteiger partial charge >= 0.3 is 6.36 Å². The number of halogens is 3. The van der Waals surface area contributed by atoms with Gasteiger partial charge in [-0.2, -0.15) is 0 Å². The third kappa shape index (κ3) is 11.8. The first-order chi connectivity index (χ1) is 14.6. The van der Waals surface area contributed by atoms with Crippen LogP contribution in [0.2, 0.25) is 0 Å². The smallest absolute Gasteiger partial charge is 0.406 e. The first-order valence-electron chi connectivity index (χ1n) is 10.3. The molecule has 0 N–H and O–H groups in total. The summed E-state index contributed by atoms with van der Waals surface area (Å²) in [6.07, 6.45) is -3.06. The van der Waals surface area contributed by atoms with Crippen LogP contribution in [0.25, 0.3) is 11.1 Å². The van der Waals surface area contributed by atoms with Crippen LogP contribution in [-0.4, -0.2) is 16.3 Å². The van der Waals surface area contributed by atoms with Crippen LogP contribution >= 0.6 is 0 Å². The van der Waals surface area contributed by atoms with Crippen molar-refractivity contribution in [2.45, 2.75) is 61.8 Å². The van der Waals surface area contributed by atoms with Crippen LogP contribution in [0.4, 0.5) is 13.2 Å². The highest BCUT2D eigenvalue weighted by molar-refractivity contribution is 5.65. The molecule has 0 aliphatic carbocycles. The Morgan fingerprint density at radius 1 is 0.710 bits per heavy atom. The molecule has 3 rings (SSSR count). The van der Waals surface area contributed by atoms with Crippen LogP contribution in [0, 0.1) is 27.7 Å². The van der Waals surface area contributed by atoms with Gasteiger partial charge < -0.3 is 4.74 Å². The van der Waals surface area contributed by atoms with Crippen LogP contribution in [0.1, 0.15) is 50.3 Å². The first-order valence-corrected chi connectivity index (χ1v) is 10.3. The Bertz CT molecular complexity index is 859. The molecule has 0 amide bonds. The molecular weight excluding hydrogens is 401 g/mol. The van der Waals surface area contributed by atoms with E-state index in [1.165, 1.54) is 23.8 Å². The Labute approximate surface area is 184 Å². The molecule has 3 nitrogen and oxygen atoms in total. The molecule has 31 heavy (non-hydrogen) atoms. The highest BCUT2D eigenvalue weighted by Gasteiger charge is 2.31. The summed E-state index contributed by atoms with van der Waals surface area (Å²) in [6.45, 7) is 15.9. The van der Waals surface area contributed by atoms with Crippen molar-refractivity contribution in [3.05, 3.63) is 77.4 Å². The molecule has 0 aliphatic heterocycles. The molecule has 2 heterocycles. The first kappa shape index (κ1) is 28.1. The van der Waals surface area contributed by atoms with E-state index in [-0.39, 0.29) is 5.75 Å². The highest BCUT2D eigenvalue weighted by Crippen LogP contribution is 2.27. The van der Waals surface area contributed by atoms with Crippen molar-refractivity contribution >= 4 is 0 Å². The number of hydrogen-bond donors (Lipinski definition) is 0. The van der Waals surface area contributed by atoms with Crippen molar-refractivity contribution in [3.8, 4) is 16.9 Å². The van der Waals surface area contributed by atoms with E-state index in [0.29, 0.717) is 5.56 Å². The van der Waals surface area contributed by atoms with Crippen molar-refractivity contribution in [3.63, 3.8) is 0 Å².